The molecule has 80 valence electrons. The fourth-order valence-corrected chi connectivity index (χ4v) is 2.58. The first-order valence-electron chi connectivity index (χ1n) is 4.82. The van der Waals surface area contributed by atoms with E-state index in [1.165, 1.54) is 16.2 Å². The van der Waals surface area contributed by atoms with Gasteiger partial charge >= 0.3 is 0 Å². The lowest BCUT2D eigenvalue weighted by atomic mass is 10.3. The Balaban J connectivity index is 1.97. The number of rotatable bonds is 4. The highest BCUT2D eigenvalue weighted by atomic mass is 32.1. The molecule has 0 bridgehead atoms. The van der Waals surface area contributed by atoms with Crippen molar-refractivity contribution in [3.63, 3.8) is 0 Å². The van der Waals surface area contributed by atoms with Crippen LogP contribution in [-0.2, 0) is 0 Å². The van der Waals surface area contributed by atoms with Crippen LogP contribution < -0.4 is 0 Å². The molecule has 0 N–H and O–H groups in total. The van der Waals surface area contributed by atoms with Gasteiger partial charge < -0.3 is 0 Å². The first-order chi connectivity index (χ1) is 7.88. The molecule has 0 aliphatic heterocycles. The van der Waals surface area contributed by atoms with Crippen molar-refractivity contribution in [3.8, 4) is 0 Å². The molecular formula is C13H10OS2. The molecule has 2 rings (SSSR count). The topological polar surface area (TPSA) is 17.1 Å². The third-order valence-electron chi connectivity index (χ3n) is 1.94. The van der Waals surface area contributed by atoms with E-state index in [1.54, 1.807) is 11.3 Å². The van der Waals surface area contributed by atoms with Crippen LogP contribution in [0.25, 0.3) is 12.2 Å². The summed E-state index contributed by atoms with van der Waals surface area (Å²) < 4.78 is 0. The van der Waals surface area contributed by atoms with Gasteiger partial charge in [0.05, 0.1) is 4.88 Å². The molecule has 0 aromatic carbocycles. The van der Waals surface area contributed by atoms with E-state index in [9.17, 15) is 4.79 Å². The minimum Gasteiger partial charge on any atom is -0.297 e. The quantitative estimate of drug-likeness (QED) is 0.579. The van der Waals surface area contributed by atoms with Gasteiger partial charge in [0.1, 0.15) is 0 Å². The third kappa shape index (κ3) is 3.02. The molecule has 1 nitrogen and oxygen atoms in total. The molecule has 0 unspecified atom stereocenters. The first-order valence-corrected chi connectivity index (χ1v) is 6.51. The highest BCUT2D eigenvalue weighted by molar-refractivity contribution is 7.14. The maximum atomic E-state index is 10.5. The van der Waals surface area contributed by atoms with Crippen molar-refractivity contribution in [2.24, 2.45) is 0 Å². The largest absolute Gasteiger partial charge is 0.297 e. The molecule has 3 heteroatoms. The van der Waals surface area contributed by atoms with Gasteiger partial charge in [-0.15, -0.1) is 22.7 Å². The lowest BCUT2D eigenvalue weighted by Gasteiger charge is -1.81. The Kier molecular flexibility index (Phi) is 3.86. The second-order valence-corrected chi connectivity index (χ2v) is 5.22. The molecule has 0 saturated heterocycles. The number of hydrogen-bond donors (Lipinski definition) is 0. The second kappa shape index (κ2) is 5.58. The number of allylic oxidation sites excluding steroid dienone is 2. The van der Waals surface area contributed by atoms with Gasteiger partial charge in [-0.3, -0.25) is 4.79 Å². The molecule has 0 radical (unpaired) electrons. The van der Waals surface area contributed by atoms with Gasteiger partial charge in [-0.05, 0) is 35.7 Å². The fraction of sp³-hybridized carbons (Fsp3) is 0. The molecule has 0 aliphatic carbocycles. The minimum absolute atomic E-state index is 0.766. The molecule has 2 aromatic rings. The average molecular weight is 246 g/mol. The van der Waals surface area contributed by atoms with E-state index in [0.29, 0.717) is 0 Å². The Morgan fingerprint density at radius 1 is 0.938 bits per heavy atom. The van der Waals surface area contributed by atoms with E-state index in [0.717, 1.165) is 16.0 Å². The molecule has 0 fully saturated rings. The lowest BCUT2D eigenvalue weighted by Crippen LogP contribution is -1.62. The molecular weight excluding hydrogens is 236 g/mol. The van der Waals surface area contributed by atoms with Crippen LogP contribution in [0.4, 0.5) is 0 Å². The highest BCUT2D eigenvalue weighted by Crippen LogP contribution is 2.16. The second-order valence-electron chi connectivity index (χ2n) is 3.09. The van der Waals surface area contributed by atoms with E-state index in [4.69, 9.17) is 0 Å². The standard InChI is InChI=1S/C13H10OS2/c14-10-13-8-7-12(16-13)5-2-1-4-11-6-3-9-15-11/h1-10H/b4-1+,5-2+. The Bertz CT molecular complexity index is 504. The smallest absolute Gasteiger partial charge is 0.160 e. The predicted molar refractivity (Wildman–Crippen MR) is 72.1 cm³/mol. The monoisotopic (exact) mass is 246 g/mol. The van der Waals surface area contributed by atoms with Gasteiger partial charge in [0, 0.05) is 9.75 Å². The highest BCUT2D eigenvalue weighted by Gasteiger charge is 1.93. The summed E-state index contributed by atoms with van der Waals surface area (Å²) in [6.45, 7) is 0. The fourth-order valence-electron chi connectivity index (χ4n) is 1.21. The van der Waals surface area contributed by atoms with Gasteiger partial charge in [-0.2, -0.15) is 0 Å². The Labute approximate surface area is 102 Å². The van der Waals surface area contributed by atoms with Gasteiger partial charge in [0.25, 0.3) is 0 Å². The zero-order valence-electron chi connectivity index (χ0n) is 8.50. The van der Waals surface area contributed by atoms with Crippen molar-refractivity contribution in [1.82, 2.24) is 0 Å². The summed E-state index contributed by atoms with van der Waals surface area (Å²) in [5.74, 6) is 0. The Morgan fingerprint density at radius 3 is 2.31 bits per heavy atom. The van der Waals surface area contributed by atoms with E-state index in [2.05, 4.69) is 17.5 Å². The normalized spacial score (nSPS) is 11.5. The summed E-state index contributed by atoms with van der Waals surface area (Å²) in [4.78, 5) is 13.6. The summed E-state index contributed by atoms with van der Waals surface area (Å²) in [5, 5.41) is 2.05. The van der Waals surface area contributed by atoms with Gasteiger partial charge in [-0.1, -0.05) is 18.2 Å². The number of aldehydes is 1. The Hall–Kier alpha value is -1.45. The van der Waals surface area contributed by atoms with Crippen LogP contribution in [0.1, 0.15) is 19.4 Å². The van der Waals surface area contributed by atoms with E-state index in [1.807, 2.05) is 36.4 Å². The zero-order valence-corrected chi connectivity index (χ0v) is 10.1. The van der Waals surface area contributed by atoms with E-state index >= 15 is 0 Å². The summed E-state index contributed by atoms with van der Waals surface area (Å²) in [6.07, 6.45) is 8.94. The molecule has 0 spiro atoms. The minimum atomic E-state index is 0.766. The van der Waals surface area contributed by atoms with Crippen LogP contribution in [0, 0.1) is 0 Å². The molecule has 0 atom stereocenters. The van der Waals surface area contributed by atoms with Crippen molar-refractivity contribution in [1.29, 1.82) is 0 Å². The van der Waals surface area contributed by atoms with Crippen LogP contribution in [0.15, 0.2) is 41.8 Å². The summed E-state index contributed by atoms with van der Waals surface area (Å²) >= 11 is 3.21. The molecule has 2 heterocycles. The van der Waals surface area contributed by atoms with E-state index in [-0.39, 0.29) is 0 Å². The summed E-state index contributed by atoms with van der Waals surface area (Å²) in [5.41, 5.74) is 0. The first kappa shape index (κ1) is 11.0. The van der Waals surface area contributed by atoms with Gasteiger partial charge in [0.15, 0.2) is 6.29 Å². The van der Waals surface area contributed by atoms with Crippen molar-refractivity contribution in [2.45, 2.75) is 0 Å². The van der Waals surface area contributed by atoms with Crippen molar-refractivity contribution in [2.75, 3.05) is 0 Å². The number of hydrogen-bond acceptors (Lipinski definition) is 3. The van der Waals surface area contributed by atoms with Crippen LogP contribution in [0.5, 0.6) is 0 Å². The van der Waals surface area contributed by atoms with E-state index < -0.39 is 0 Å². The molecule has 16 heavy (non-hydrogen) atoms. The van der Waals surface area contributed by atoms with Gasteiger partial charge in [-0.25, -0.2) is 0 Å². The van der Waals surface area contributed by atoms with Crippen LogP contribution >= 0.6 is 22.7 Å². The average Bonchev–Trinajstić information content (AvgIpc) is 2.95. The van der Waals surface area contributed by atoms with Crippen molar-refractivity contribution in [3.05, 3.63) is 56.4 Å². The van der Waals surface area contributed by atoms with Crippen molar-refractivity contribution < 1.29 is 4.79 Å². The summed E-state index contributed by atoms with van der Waals surface area (Å²) in [6, 6.07) is 7.89. The number of carbonyl (C=O) groups excluding carboxylic acids is 1. The lowest BCUT2D eigenvalue weighted by molar-refractivity contribution is 0.112. The van der Waals surface area contributed by atoms with Crippen molar-refractivity contribution >= 4 is 41.1 Å². The zero-order chi connectivity index (χ0) is 11.2. The predicted octanol–water partition coefficient (Wildman–Crippen LogP) is 4.35. The molecule has 0 saturated carbocycles. The van der Waals surface area contributed by atoms with Gasteiger partial charge in [0.2, 0.25) is 0 Å². The SMILES string of the molecule is O=Cc1ccc(/C=C/C=C/c2cccs2)s1. The maximum absolute atomic E-state index is 10.5. The summed E-state index contributed by atoms with van der Waals surface area (Å²) in [7, 11) is 0. The molecule has 0 aliphatic rings. The van der Waals surface area contributed by atoms with Crippen LogP contribution in [-0.4, -0.2) is 6.29 Å². The third-order valence-corrected chi connectivity index (χ3v) is 3.75. The van der Waals surface area contributed by atoms with Crippen LogP contribution in [0.3, 0.4) is 0 Å². The molecule has 2 aromatic heterocycles. The Morgan fingerprint density at radius 2 is 1.69 bits per heavy atom. The number of carbonyl (C=O) groups is 1. The van der Waals surface area contributed by atoms with Crippen LogP contribution in [0.2, 0.25) is 0 Å². The number of thiophene rings is 2. The molecule has 0 amide bonds. The maximum Gasteiger partial charge on any atom is 0.160 e.